The van der Waals surface area contributed by atoms with Crippen LogP contribution in [0.25, 0.3) is 10.8 Å². The van der Waals surface area contributed by atoms with E-state index in [-0.39, 0.29) is 22.8 Å². The first-order chi connectivity index (χ1) is 29.9. The Morgan fingerprint density at radius 3 is 2.23 bits per heavy atom. The number of β-lactam (4-membered cyclic amide) rings is 1. The molecule has 0 spiro atoms. The fourth-order valence-electron chi connectivity index (χ4n) is 6.26. The number of aromatic nitrogens is 2. The maximum Gasteiger partial charge on any atom is 0.413 e. The molecule has 0 saturated carbocycles. The molecule has 4 heterocycles. The van der Waals surface area contributed by atoms with E-state index in [4.69, 9.17) is 23.8 Å². The number of hydroxylamine groups is 2. The third-order valence-corrected chi connectivity index (χ3v) is 10.4. The number of thiazole rings is 1. The van der Waals surface area contributed by atoms with Crippen LogP contribution in [0, 0.1) is 5.92 Å². The Balaban J connectivity index is 1.34. The second-order valence-corrected chi connectivity index (χ2v) is 20.7. The van der Waals surface area contributed by atoms with Crippen molar-refractivity contribution in [1.82, 2.24) is 20.3 Å². The van der Waals surface area contributed by atoms with E-state index in [2.05, 4.69) is 30.4 Å². The van der Waals surface area contributed by atoms with Crippen LogP contribution in [0.1, 0.15) is 81.9 Å². The molecule has 24 heteroatoms. The normalized spacial score (nSPS) is 17.3. The van der Waals surface area contributed by atoms with Crippen LogP contribution in [0.2, 0.25) is 0 Å². The van der Waals surface area contributed by atoms with Crippen molar-refractivity contribution in [3.8, 4) is 5.75 Å². The van der Waals surface area contributed by atoms with Crippen LogP contribution < -0.4 is 25.3 Å². The van der Waals surface area contributed by atoms with Crippen LogP contribution >= 0.6 is 11.3 Å². The Labute approximate surface area is 380 Å². The van der Waals surface area contributed by atoms with Crippen molar-refractivity contribution in [2.24, 2.45) is 18.1 Å². The average Bonchev–Trinajstić information content (AvgIpc) is 3.58. The van der Waals surface area contributed by atoms with Gasteiger partial charge in [0.15, 0.2) is 10.8 Å². The Kier molecular flexibility index (Phi) is 14.6. The van der Waals surface area contributed by atoms with Crippen LogP contribution in [0.3, 0.4) is 0 Å². The number of carbonyl (C=O) groups excluding carboxylic acids is 5. The summed E-state index contributed by atoms with van der Waals surface area (Å²) in [6, 6.07) is 5.84. The molecule has 0 radical (unpaired) electrons. The van der Waals surface area contributed by atoms with Crippen LogP contribution in [-0.2, 0) is 55.2 Å². The third-order valence-electron chi connectivity index (χ3n) is 9.27. The van der Waals surface area contributed by atoms with Gasteiger partial charge in [-0.3, -0.25) is 20.2 Å². The van der Waals surface area contributed by atoms with Gasteiger partial charge in [0.05, 0.1) is 25.3 Å². The SMILES string of the molecule is C[n+]1cc2cc(OC[C@H](O/N=C(\C(=O)N[C@@H]3C(=O)N(OS(=O)(=O)[O-])C3(C)C)c3csc(NC(=O)OC(C)(C)C)n3)C(=O)OC(C)(C)C)ccc2cc1NCC1CN(C(=O)OC(C)(C)C)C1. The molecule has 2 aromatic heterocycles. The van der Waals surface area contributed by atoms with Gasteiger partial charge >= 0.3 is 18.2 Å². The van der Waals surface area contributed by atoms with Gasteiger partial charge in [-0.25, -0.2) is 32.4 Å². The minimum atomic E-state index is -5.34. The van der Waals surface area contributed by atoms with E-state index in [1.807, 2.05) is 50.7 Å². The third kappa shape index (κ3) is 13.8. The molecule has 2 saturated heterocycles. The molecule has 2 aliphatic heterocycles. The van der Waals surface area contributed by atoms with Crippen LogP contribution in [0.5, 0.6) is 5.75 Å². The molecule has 2 fully saturated rings. The van der Waals surface area contributed by atoms with Gasteiger partial charge in [0.25, 0.3) is 23.7 Å². The zero-order chi connectivity index (χ0) is 48.4. The first kappa shape index (κ1) is 50.2. The molecular weight excluding hydrogens is 893 g/mol. The number of hydrogen-bond acceptors (Lipinski definition) is 18. The van der Waals surface area contributed by atoms with Crippen LogP contribution in [0.4, 0.5) is 20.5 Å². The van der Waals surface area contributed by atoms with E-state index in [1.54, 1.807) is 58.6 Å². The maximum atomic E-state index is 13.9. The Hall–Kier alpha value is -5.85. The highest BCUT2D eigenvalue weighted by Crippen LogP contribution is 2.33. The summed E-state index contributed by atoms with van der Waals surface area (Å²) in [6.45, 7) is 19.4. The van der Waals surface area contributed by atoms with Gasteiger partial charge in [0, 0.05) is 35.8 Å². The van der Waals surface area contributed by atoms with E-state index in [0.717, 1.165) is 27.9 Å². The summed E-state index contributed by atoms with van der Waals surface area (Å²) in [6.07, 6.45) is -0.855. The minimum absolute atomic E-state index is 0.0142. The summed E-state index contributed by atoms with van der Waals surface area (Å²) < 4.78 is 62.3. The monoisotopic (exact) mass is 948 g/mol. The summed E-state index contributed by atoms with van der Waals surface area (Å²) >= 11 is 0.889. The molecule has 0 unspecified atom stereocenters. The van der Waals surface area contributed by atoms with E-state index >= 15 is 0 Å². The van der Waals surface area contributed by atoms with Crippen molar-refractivity contribution in [3.63, 3.8) is 0 Å². The summed E-state index contributed by atoms with van der Waals surface area (Å²) in [4.78, 5) is 76.8. The molecule has 2 aliphatic rings. The number of pyridine rings is 1. The minimum Gasteiger partial charge on any atom is -0.724 e. The summed E-state index contributed by atoms with van der Waals surface area (Å²) in [5, 5.41) is 15.6. The highest BCUT2D eigenvalue weighted by molar-refractivity contribution is 7.80. The van der Waals surface area contributed by atoms with Crippen molar-refractivity contribution in [1.29, 1.82) is 0 Å². The predicted molar refractivity (Wildman–Crippen MR) is 233 cm³/mol. The fourth-order valence-corrected chi connectivity index (χ4v) is 7.39. The number of nitrogens with one attached hydrogen (secondary N) is 3. The number of likely N-dealkylation sites (tertiary alicyclic amines) is 1. The number of carbonyl (C=O) groups is 5. The topological polar surface area (TPSA) is 270 Å². The van der Waals surface area contributed by atoms with Crippen molar-refractivity contribution in [2.75, 3.05) is 36.9 Å². The fraction of sp³-hybridized carbons (Fsp3) is 0.561. The molecule has 4 amide bonds. The van der Waals surface area contributed by atoms with Crippen molar-refractivity contribution in [3.05, 3.63) is 41.5 Å². The van der Waals surface area contributed by atoms with E-state index in [1.165, 1.54) is 19.2 Å². The predicted octanol–water partition coefficient (Wildman–Crippen LogP) is 3.75. The zero-order valence-corrected chi connectivity index (χ0v) is 39.9. The highest BCUT2D eigenvalue weighted by atomic mass is 32.3. The summed E-state index contributed by atoms with van der Waals surface area (Å²) in [5.74, 6) is -1.60. The molecular formula is C41H56N8O14S2. The number of nitrogens with zero attached hydrogens (tertiary/aromatic N) is 5. The van der Waals surface area contributed by atoms with E-state index in [0.29, 0.717) is 30.4 Å². The van der Waals surface area contributed by atoms with Gasteiger partial charge in [-0.2, -0.15) is 9.35 Å². The smallest absolute Gasteiger partial charge is 0.413 e. The molecule has 0 bridgehead atoms. The standard InChI is InChI=1S/C41H56N8O14S2/c1-38(2,3)59-34(52)28(21-58-26-14-13-24-16-29(47(12)20-25(24)15-26)42-17-23-18-48(19-23)37(54)61-40(7,8)9)62-46-30(27-22-64-35(43-27)45-36(53)60-39(4,5)6)32(50)44-31-33(51)49(41(31,10)11)63-65(55,56)57/h13-16,20,22-23,28,31H,17-19,21H2,1-12H3,(H3,43,44,45,50,53,55,56,57)/b46-30-/t28-,31+/m0/s1. The molecule has 3 N–H and O–H groups in total. The van der Waals surface area contributed by atoms with E-state index in [9.17, 15) is 36.9 Å². The molecule has 65 heavy (non-hydrogen) atoms. The zero-order valence-electron chi connectivity index (χ0n) is 38.3. The van der Waals surface area contributed by atoms with Gasteiger partial charge in [-0.1, -0.05) is 11.2 Å². The first-order valence-corrected chi connectivity index (χ1v) is 22.6. The number of hydrogen-bond donors (Lipinski definition) is 3. The number of ether oxygens (including phenoxy) is 4. The Bertz CT molecular complexity index is 2450. The van der Waals surface area contributed by atoms with Crippen molar-refractivity contribution in [2.45, 2.75) is 111 Å². The van der Waals surface area contributed by atoms with Crippen molar-refractivity contribution >= 4 is 79.1 Å². The number of aryl methyl sites for hydroxylation is 1. The van der Waals surface area contributed by atoms with Crippen LogP contribution in [0.15, 0.2) is 41.0 Å². The summed E-state index contributed by atoms with van der Waals surface area (Å²) in [5.41, 5.74) is -4.67. The lowest BCUT2D eigenvalue weighted by Gasteiger charge is -2.51. The molecule has 22 nitrogen and oxygen atoms in total. The molecule has 356 valence electrons. The lowest BCUT2D eigenvalue weighted by atomic mass is 9.84. The number of benzene rings is 1. The molecule has 5 rings (SSSR count). The number of anilines is 2. The number of esters is 1. The number of rotatable bonds is 15. The lowest BCUT2D eigenvalue weighted by molar-refractivity contribution is -0.655. The maximum absolute atomic E-state index is 13.9. The second-order valence-electron chi connectivity index (χ2n) is 18.9. The van der Waals surface area contributed by atoms with Gasteiger partial charge in [0.1, 0.15) is 40.9 Å². The van der Waals surface area contributed by atoms with Gasteiger partial charge < -0.3 is 38.6 Å². The number of fused-ring (bicyclic) bond motifs is 1. The Morgan fingerprint density at radius 2 is 1.63 bits per heavy atom. The molecule has 3 aromatic rings. The summed E-state index contributed by atoms with van der Waals surface area (Å²) in [7, 11) is -3.46. The van der Waals surface area contributed by atoms with Crippen LogP contribution in [-0.4, -0.2) is 124 Å². The van der Waals surface area contributed by atoms with Gasteiger partial charge in [0.2, 0.25) is 10.4 Å². The number of oxime groups is 1. The quantitative estimate of drug-likeness (QED) is 0.0286. The molecule has 2 atom stereocenters. The first-order valence-electron chi connectivity index (χ1n) is 20.4. The largest absolute Gasteiger partial charge is 0.724 e. The van der Waals surface area contributed by atoms with E-state index < -0.39 is 81.1 Å². The molecule has 1 aromatic carbocycles. The molecule has 0 aliphatic carbocycles. The van der Waals surface area contributed by atoms with Crippen molar-refractivity contribution < 1.29 is 69.6 Å². The highest BCUT2D eigenvalue weighted by Gasteiger charge is 2.57. The van der Waals surface area contributed by atoms with Gasteiger partial charge in [-0.15, -0.1) is 11.3 Å². The lowest BCUT2D eigenvalue weighted by Crippen LogP contribution is -2.76. The Morgan fingerprint density at radius 1 is 0.985 bits per heavy atom. The van der Waals surface area contributed by atoms with Gasteiger partial charge in [-0.05, 0) is 93.7 Å². The second kappa shape index (κ2) is 18.9. The average molecular weight is 949 g/mol. The number of amides is 4.